The molecule has 226 valence electrons. The molecule has 2 fully saturated rings. The fourth-order valence-corrected chi connectivity index (χ4v) is 7.57. The number of aliphatic imine (C=N–C) groups is 1. The SMILES string of the molecule is CCNc1ccc(C#N)cc1/N=C1/S/C(=C2\Sc3cc(OCCN4CCOCC4)ccc3N2C)C(=O)N1Cc1ccccc1. The predicted octanol–water partition coefficient (Wildman–Crippen LogP) is 5.88. The van der Waals surface area contributed by atoms with Crippen LogP contribution in [0.1, 0.15) is 18.1 Å². The number of thioether (sulfide) groups is 2. The molecule has 3 heterocycles. The number of carbonyl (C=O) groups is 1. The average molecular weight is 627 g/mol. The number of fused-ring (bicyclic) bond motifs is 1. The van der Waals surface area contributed by atoms with Crippen molar-refractivity contribution in [1.29, 1.82) is 5.26 Å². The number of benzene rings is 3. The van der Waals surface area contributed by atoms with Gasteiger partial charge in [-0.25, -0.2) is 4.99 Å². The van der Waals surface area contributed by atoms with Crippen molar-refractivity contribution in [1.82, 2.24) is 9.80 Å². The van der Waals surface area contributed by atoms with E-state index in [1.807, 2.05) is 56.4 Å². The first kappa shape index (κ1) is 30.1. The maximum absolute atomic E-state index is 14.1. The Morgan fingerprint density at radius 2 is 1.89 bits per heavy atom. The molecule has 0 aromatic heterocycles. The summed E-state index contributed by atoms with van der Waals surface area (Å²) in [6.45, 7) is 7.99. The second-order valence-corrected chi connectivity index (χ2v) is 12.5. The summed E-state index contributed by atoms with van der Waals surface area (Å²) in [4.78, 5) is 26.9. The lowest BCUT2D eigenvalue weighted by atomic mass is 10.2. The van der Waals surface area contributed by atoms with E-state index in [2.05, 4.69) is 33.3 Å². The van der Waals surface area contributed by atoms with Gasteiger partial charge in [-0.2, -0.15) is 5.26 Å². The second-order valence-electron chi connectivity index (χ2n) is 10.5. The smallest absolute Gasteiger partial charge is 0.269 e. The zero-order valence-electron chi connectivity index (χ0n) is 24.8. The van der Waals surface area contributed by atoms with Gasteiger partial charge in [-0.3, -0.25) is 14.6 Å². The van der Waals surface area contributed by atoms with Crippen LogP contribution in [0.3, 0.4) is 0 Å². The van der Waals surface area contributed by atoms with Crippen LogP contribution >= 0.6 is 23.5 Å². The maximum atomic E-state index is 14.1. The summed E-state index contributed by atoms with van der Waals surface area (Å²) in [7, 11) is 1.99. The van der Waals surface area contributed by atoms with Gasteiger partial charge in [0, 0.05) is 38.1 Å². The molecule has 0 radical (unpaired) electrons. The molecule has 11 heteroatoms. The van der Waals surface area contributed by atoms with E-state index < -0.39 is 0 Å². The van der Waals surface area contributed by atoms with Crippen LogP contribution < -0.4 is 15.0 Å². The number of nitriles is 1. The number of hydrogen-bond donors (Lipinski definition) is 1. The van der Waals surface area contributed by atoms with Gasteiger partial charge < -0.3 is 19.7 Å². The number of morpholine rings is 1. The number of anilines is 2. The van der Waals surface area contributed by atoms with Crippen LogP contribution in [0.4, 0.5) is 17.1 Å². The number of carbonyl (C=O) groups excluding carboxylic acids is 1. The van der Waals surface area contributed by atoms with Gasteiger partial charge in [-0.05, 0) is 60.6 Å². The summed E-state index contributed by atoms with van der Waals surface area (Å²) in [6.07, 6.45) is 0. The second kappa shape index (κ2) is 13.8. The molecule has 2 saturated heterocycles. The molecule has 3 aliphatic rings. The highest BCUT2D eigenvalue weighted by Gasteiger charge is 2.39. The third kappa shape index (κ3) is 6.59. The van der Waals surface area contributed by atoms with E-state index in [4.69, 9.17) is 14.5 Å². The number of ether oxygens (including phenoxy) is 2. The minimum absolute atomic E-state index is 0.0943. The van der Waals surface area contributed by atoms with Crippen molar-refractivity contribution in [2.75, 3.05) is 63.3 Å². The number of nitrogens with one attached hydrogen (secondary N) is 1. The van der Waals surface area contributed by atoms with Crippen molar-refractivity contribution in [3.8, 4) is 11.8 Å². The van der Waals surface area contributed by atoms with Gasteiger partial charge in [0.25, 0.3) is 5.91 Å². The van der Waals surface area contributed by atoms with Crippen LogP contribution in [0.2, 0.25) is 0 Å². The molecule has 3 aromatic rings. The zero-order valence-corrected chi connectivity index (χ0v) is 26.4. The molecular formula is C33H34N6O3S2. The zero-order chi connectivity index (χ0) is 30.5. The monoisotopic (exact) mass is 626 g/mol. The molecule has 3 aromatic carbocycles. The van der Waals surface area contributed by atoms with Crippen LogP contribution in [0.15, 0.2) is 86.6 Å². The number of amidine groups is 1. The van der Waals surface area contributed by atoms with E-state index in [0.717, 1.165) is 65.5 Å². The number of rotatable bonds is 9. The Balaban J connectivity index is 1.28. The van der Waals surface area contributed by atoms with Gasteiger partial charge in [-0.1, -0.05) is 42.1 Å². The van der Waals surface area contributed by atoms with Crippen molar-refractivity contribution >= 4 is 51.7 Å². The minimum atomic E-state index is -0.0943. The first-order valence-electron chi connectivity index (χ1n) is 14.7. The molecular weight excluding hydrogens is 593 g/mol. The van der Waals surface area contributed by atoms with E-state index in [1.165, 1.54) is 11.8 Å². The lowest BCUT2D eigenvalue weighted by molar-refractivity contribution is -0.122. The fourth-order valence-electron chi connectivity index (χ4n) is 5.20. The van der Waals surface area contributed by atoms with Gasteiger partial charge >= 0.3 is 0 Å². The summed E-state index contributed by atoms with van der Waals surface area (Å²) >= 11 is 2.95. The van der Waals surface area contributed by atoms with Gasteiger partial charge in [-0.15, -0.1) is 0 Å². The van der Waals surface area contributed by atoms with Crippen molar-refractivity contribution in [2.45, 2.75) is 18.4 Å². The van der Waals surface area contributed by atoms with E-state index in [1.54, 1.807) is 28.8 Å². The van der Waals surface area contributed by atoms with Crippen LogP contribution in [0.5, 0.6) is 5.75 Å². The number of hydrogen-bond acceptors (Lipinski definition) is 10. The molecule has 1 N–H and O–H groups in total. The Kier molecular flexibility index (Phi) is 9.43. The van der Waals surface area contributed by atoms with Gasteiger partial charge in [0.1, 0.15) is 17.3 Å². The Morgan fingerprint density at radius 3 is 2.66 bits per heavy atom. The van der Waals surface area contributed by atoms with Gasteiger partial charge in [0.2, 0.25) is 0 Å². The molecule has 3 aliphatic heterocycles. The highest BCUT2D eigenvalue weighted by Crippen LogP contribution is 2.51. The molecule has 0 aliphatic carbocycles. The van der Waals surface area contributed by atoms with E-state index in [-0.39, 0.29) is 5.91 Å². The van der Waals surface area contributed by atoms with Crippen molar-refractivity contribution in [3.63, 3.8) is 0 Å². The summed E-state index contributed by atoms with van der Waals surface area (Å²) in [5.41, 5.74) is 3.99. The number of amides is 1. The average Bonchev–Trinajstić information content (AvgIpc) is 3.53. The third-order valence-corrected chi connectivity index (χ3v) is 9.95. The van der Waals surface area contributed by atoms with Gasteiger partial charge in [0.05, 0.1) is 53.5 Å². The molecule has 0 saturated carbocycles. The van der Waals surface area contributed by atoms with Crippen LogP contribution in [0.25, 0.3) is 0 Å². The van der Waals surface area contributed by atoms with Crippen LogP contribution in [0, 0.1) is 11.3 Å². The summed E-state index contributed by atoms with van der Waals surface area (Å²) < 4.78 is 11.5. The van der Waals surface area contributed by atoms with Crippen molar-refractivity contribution in [2.24, 2.45) is 4.99 Å². The largest absolute Gasteiger partial charge is 0.492 e. The Morgan fingerprint density at radius 1 is 1.07 bits per heavy atom. The first-order valence-corrected chi connectivity index (χ1v) is 16.3. The van der Waals surface area contributed by atoms with E-state index in [0.29, 0.717) is 41.0 Å². The summed E-state index contributed by atoms with van der Waals surface area (Å²) in [5.74, 6) is 0.721. The first-order chi connectivity index (χ1) is 21.5. The van der Waals surface area contributed by atoms with E-state index >= 15 is 0 Å². The van der Waals surface area contributed by atoms with Crippen LogP contribution in [-0.2, 0) is 16.1 Å². The Bertz CT molecular complexity index is 1630. The van der Waals surface area contributed by atoms with Crippen LogP contribution in [-0.4, -0.2) is 73.9 Å². The Hall–Kier alpha value is -3.95. The highest BCUT2D eigenvalue weighted by molar-refractivity contribution is 8.19. The number of nitrogens with zero attached hydrogens (tertiary/aromatic N) is 5. The predicted molar refractivity (Wildman–Crippen MR) is 177 cm³/mol. The lowest BCUT2D eigenvalue weighted by Gasteiger charge is -2.26. The van der Waals surface area contributed by atoms with Crippen molar-refractivity contribution < 1.29 is 14.3 Å². The van der Waals surface area contributed by atoms with E-state index in [9.17, 15) is 10.1 Å². The topological polar surface area (TPSA) is 93.4 Å². The Labute approximate surface area is 266 Å². The standard InChI is InChI=1S/C33H34N6O3S2/c1-3-35-26-11-9-24(21-34)19-27(26)36-33-39(22-23-7-5-4-6-8-23)31(40)30(44-33)32-37(2)28-12-10-25(20-29(28)43-32)42-18-15-38-13-16-41-17-14-38/h4-12,19-20,35H,3,13-18,22H2,1-2H3/b32-30-,36-33+. The molecule has 0 bridgehead atoms. The molecule has 1 amide bonds. The molecule has 44 heavy (non-hydrogen) atoms. The molecule has 0 spiro atoms. The highest BCUT2D eigenvalue weighted by atomic mass is 32.2. The summed E-state index contributed by atoms with van der Waals surface area (Å²) in [5, 5.41) is 14.3. The third-order valence-electron chi connectivity index (χ3n) is 7.54. The fraction of sp³-hybridized carbons (Fsp3) is 0.303. The van der Waals surface area contributed by atoms with Crippen molar-refractivity contribution in [3.05, 3.63) is 87.8 Å². The molecule has 0 unspecified atom stereocenters. The van der Waals surface area contributed by atoms with Gasteiger partial charge in [0.15, 0.2) is 5.17 Å². The lowest BCUT2D eigenvalue weighted by Crippen LogP contribution is -2.38. The molecule has 6 rings (SSSR count). The minimum Gasteiger partial charge on any atom is -0.492 e. The molecule has 9 nitrogen and oxygen atoms in total. The molecule has 0 atom stereocenters. The normalized spacial score (nSPS) is 19.4. The summed E-state index contributed by atoms with van der Waals surface area (Å²) in [6, 6.07) is 23.6. The maximum Gasteiger partial charge on any atom is 0.269 e. The quantitative estimate of drug-likeness (QED) is 0.293.